The first-order valence-corrected chi connectivity index (χ1v) is 11.4. The summed E-state index contributed by atoms with van der Waals surface area (Å²) in [5.41, 5.74) is 3.77. The normalized spacial score (nSPS) is 16.5. The summed E-state index contributed by atoms with van der Waals surface area (Å²) in [6.45, 7) is 2.46. The van der Waals surface area contributed by atoms with Crippen LogP contribution in [-0.4, -0.2) is 47.6 Å². The van der Waals surface area contributed by atoms with Gasteiger partial charge in [-0.25, -0.2) is 4.79 Å². The molecule has 7 nitrogen and oxygen atoms in total. The second-order valence-electron chi connectivity index (χ2n) is 8.43. The molecule has 1 fully saturated rings. The molecule has 3 aromatic rings. The molecule has 1 aliphatic carbocycles. The van der Waals surface area contributed by atoms with Crippen molar-refractivity contribution in [2.75, 3.05) is 25.1 Å². The van der Waals surface area contributed by atoms with E-state index < -0.39 is 0 Å². The Hall–Kier alpha value is -3.74. The van der Waals surface area contributed by atoms with Crippen molar-refractivity contribution >= 4 is 17.6 Å². The highest BCUT2D eigenvalue weighted by atomic mass is 16.5. The van der Waals surface area contributed by atoms with Crippen molar-refractivity contribution < 1.29 is 14.3 Å². The SMILES string of the molecule is CCNC(=O)N(CC(=O)N1c2ccccc2-n2cccc2C1c1ccc(OC)cc1)C1CC1. The zero-order valence-electron chi connectivity index (χ0n) is 18.9. The molecule has 2 aliphatic rings. The van der Waals surface area contributed by atoms with Gasteiger partial charge in [-0.3, -0.25) is 9.69 Å². The van der Waals surface area contributed by atoms with Crippen LogP contribution in [0.3, 0.4) is 0 Å². The summed E-state index contributed by atoms with van der Waals surface area (Å²) in [6, 6.07) is 19.4. The highest BCUT2D eigenvalue weighted by Crippen LogP contribution is 2.42. The average molecular weight is 445 g/mol. The first-order chi connectivity index (χ1) is 16.1. The predicted octanol–water partition coefficient (Wildman–Crippen LogP) is 4.12. The van der Waals surface area contributed by atoms with E-state index in [1.807, 2.05) is 78.7 Å². The second-order valence-corrected chi connectivity index (χ2v) is 8.43. The summed E-state index contributed by atoms with van der Waals surface area (Å²) >= 11 is 0. The molecule has 7 heteroatoms. The zero-order chi connectivity index (χ0) is 22.9. The van der Waals surface area contributed by atoms with Gasteiger partial charge in [-0.15, -0.1) is 0 Å². The molecular formula is C26H28N4O3. The maximum atomic E-state index is 13.9. The number of para-hydroxylation sites is 2. The molecule has 0 radical (unpaired) electrons. The maximum absolute atomic E-state index is 13.9. The Morgan fingerprint density at radius 2 is 1.76 bits per heavy atom. The van der Waals surface area contributed by atoms with E-state index in [-0.39, 0.29) is 30.6 Å². The molecule has 1 aromatic heterocycles. The smallest absolute Gasteiger partial charge is 0.318 e. The van der Waals surface area contributed by atoms with Gasteiger partial charge in [0.2, 0.25) is 5.91 Å². The average Bonchev–Trinajstić information content (AvgIpc) is 3.56. The van der Waals surface area contributed by atoms with Gasteiger partial charge in [0.05, 0.1) is 24.2 Å². The van der Waals surface area contributed by atoms with E-state index in [2.05, 4.69) is 9.88 Å². The number of aromatic nitrogens is 1. The minimum absolute atomic E-state index is 0.0399. The summed E-state index contributed by atoms with van der Waals surface area (Å²) in [7, 11) is 1.64. The topological polar surface area (TPSA) is 66.8 Å². The summed E-state index contributed by atoms with van der Waals surface area (Å²) in [5, 5.41) is 2.86. The highest BCUT2D eigenvalue weighted by molar-refractivity contribution is 6.00. The molecule has 1 aliphatic heterocycles. The van der Waals surface area contributed by atoms with Crippen molar-refractivity contribution in [2.45, 2.75) is 31.8 Å². The number of hydrogen-bond donors (Lipinski definition) is 1. The van der Waals surface area contributed by atoms with Crippen molar-refractivity contribution in [2.24, 2.45) is 0 Å². The minimum Gasteiger partial charge on any atom is -0.497 e. The largest absolute Gasteiger partial charge is 0.497 e. The van der Waals surface area contributed by atoms with E-state index >= 15 is 0 Å². The summed E-state index contributed by atoms with van der Waals surface area (Å²) < 4.78 is 7.48. The number of methoxy groups -OCH3 is 1. The van der Waals surface area contributed by atoms with Crippen LogP contribution in [0.5, 0.6) is 5.75 Å². The highest BCUT2D eigenvalue weighted by Gasteiger charge is 2.39. The number of anilines is 1. The molecule has 1 N–H and O–H groups in total. The molecular weight excluding hydrogens is 416 g/mol. The van der Waals surface area contributed by atoms with Gasteiger partial charge in [-0.2, -0.15) is 0 Å². The molecule has 170 valence electrons. The molecule has 0 saturated heterocycles. The maximum Gasteiger partial charge on any atom is 0.318 e. The first-order valence-electron chi connectivity index (χ1n) is 11.4. The Balaban J connectivity index is 1.57. The third-order valence-electron chi connectivity index (χ3n) is 6.30. The van der Waals surface area contributed by atoms with Crippen LogP contribution < -0.4 is 15.0 Å². The van der Waals surface area contributed by atoms with E-state index in [0.29, 0.717) is 6.54 Å². The van der Waals surface area contributed by atoms with Crippen molar-refractivity contribution in [1.82, 2.24) is 14.8 Å². The van der Waals surface area contributed by atoms with E-state index in [4.69, 9.17) is 4.74 Å². The van der Waals surface area contributed by atoms with Gasteiger partial charge < -0.3 is 19.5 Å². The summed E-state index contributed by atoms with van der Waals surface area (Å²) in [5.74, 6) is 0.660. The van der Waals surface area contributed by atoms with Gasteiger partial charge in [0, 0.05) is 18.8 Å². The third kappa shape index (κ3) is 3.84. The van der Waals surface area contributed by atoms with Crippen LogP contribution in [0.4, 0.5) is 10.5 Å². The van der Waals surface area contributed by atoms with Crippen molar-refractivity contribution in [1.29, 1.82) is 0 Å². The molecule has 1 saturated carbocycles. The lowest BCUT2D eigenvalue weighted by Gasteiger charge is -2.39. The summed E-state index contributed by atoms with van der Waals surface area (Å²) in [4.78, 5) is 30.2. The van der Waals surface area contributed by atoms with E-state index in [9.17, 15) is 9.59 Å². The first kappa shape index (κ1) is 21.1. The van der Waals surface area contributed by atoms with Crippen molar-refractivity contribution in [3.8, 4) is 11.4 Å². The number of amides is 3. The predicted molar refractivity (Wildman–Crippen MR) is 127 cm³/mol. The molecule has 3 amide bonds. The van der Waals surface area contributed by atoms with Crippen LogP contribution in [-0.2, 0) is 4.79 Å². The van der Waals surface area contributed by atoms with Gasteiger partial charge in [0.15, 0.2) is 0 Å². The zero-order valence-corrected chi connectivity index (χ0v) is 18.9. The summed E-state index contributed by atoms with van der Waals surface area (Å²) in [6.07, 6.45) is 3.90. The van der Waals surface area contributed by atoms with Crippen molar-refractivity contribution in [3.05, 3.63) is 78.1 Å². The number of fused-ring (bicyclic) bond motifs is 3. The molecule has 5 rings (SSSR count). The Labute approximate surface area is 193 Å². The van der Waals surface area contributed by atoms with Crippen molar-refractivity contribution in [3.63, 3.8) is 0 Å². The fraction of sp³-hybridized carbons (Fsp3) is 0.308. The van der Waals surface area contributed by atoms with Crippen LogP contribution in [0.2, 0.25) is 0 Å². The van der Waals surface area contributed by atoms with Crippen LogP contribution in [0.1, 0.15) is 37.1 Å². The lowest BCUT2D eigenvalue weighted by Crippen LogP contribution is -2.49. The Morgan fingerprint density at radius 1 is 1.03 bits per heavy atom. The number of benzene rings is 2. The molecule has 0 bridgehead atoms. The van der Waals surface area contributed by atoms with Gasteiger partial charge in [-0.05, 0) is 61.7 Å². The lowest BCUT2D eigenvalue weighted by molar-refractivity contribution is -0.119. The van der Waals surface area contributed by atoms with Crippen LogP contribution in [0, 0.1) is 0 Å². The molecule has 2 aromatic carbocycles. The molecule has 1 atom stereocenters. The van der Waals surface area contributed by atoms with Gasteiger partial charge in [-0.1, -0.05) is 24.3 Å². The number of carbonyl (C=O) groups excluding carboxylic acids is 2. The second kappa shape index (κ2) is 8.65. The number of hydrogen-bond acceptors (Lipinski definition) is 3. The van der Waals surface area contributed by atoms with Crippen LogP contribution in [0.15, 0.2) is 66.9 Å². The Kier molecular flexibility index (Phi) is 5.54. The monoisotopic (exact) mass is 444 g/mol. The molecule has 0 spiro atoms. The quantitative estimate of drug-likeness (QED) is 0.622. The molecule has 1 unspecified atom stereocenters. The number of urea groups is 1. The number of rotatable bonds is 6. The molecule has 33 heavy (non-hydrogen) atoms. The van der Waals surface area contributed by atoms with Crippen LogP contribution in [0.25, 0.3) is 5.69 Å². The van der Waals surface area contributed by atoms with Gasteiger partial charge in [0.1, 0.15) is 18.3 Å². The van der Waals surface area contributed by atoms with Gasteiger partial charge in [0.25, 0.3) is 0 Å². The number of carbonyl (C=O) groups is 2. The Morgan fingerprint density at radius 3 is 2.42 bits per heavy atom. The lowest BCUT2D eigenvalue weighted by atomic mass is 9.97. The number of ether oxygens (including phenoxy) is 1. The standard InChI is InChI=1S/C26H28N4O3/c1-3-27-26(32)29(19-12-13-19)17-24(31)30-22-8-5-4-7-21(22)28-16-6-9-23(28)25(30)18-10-14-20(33-2)15-11-18/h4-11,14-16,19,25H,3,12-13,17H2,1-2H3,(H,27,32). The molecule has 2 heterocycles. The van der Waals surface area contributed by atoms with Gasteiger partial charge >= 0.3 is 6.03 Å². The fourth-order valence-electron chi connectivity index (χ4n) is 4.59. The number of nitrogens with one attached hydrogen (secondary N) is 1. The van der Waals surface area contributed by atoms with E-state index in [1.165, 1.54) is 0 Å². The van der Waals surface area contributed by atoms with E-state index in [0.717, 1.165) is 41.2 Å². The van der Waals surface area contributed by atoms with E-state index in [1.54, 1.807) is 12.0 Å². The number of nitrogens with zero attached hydrogens (tertiary/aromatic N) is 3. The third-order valence-corrected chi connectivity index (χ3v) is 6.30. The minimum atomic E-state index is -0.316. The Bertz CT molecular complexity index is 1170. The fourth-order valence-corrected chi connectivity index (χ4v) is 4.59. The van der Waals surface area contributed by atoms with Crippen LogP contribution >= 0.6 is 0 Å².